The Hall–Kier alpha value is -0.870. The van der Waals surface area contributed by atoms with E-state index in [1.165, 1.54) is 0 Å². The molecule has 3 atom stereocenters. The fourth-order valence-electron chi connectivity index (χ4n) is 1.69. The van der Waals surface area contributed by atoms with E-state index in [1.807, 2.05) is 13.0 Å². The lowest BCUT2D eigenvalue weighted by Gasteiger charge is -2.25. The molecule has 2 unspecified atom stereocenters. The number of rotatable bonds is 5. The van der Waals surface area contributed by atoms with Crippen molar-refractivity contribution in [1.82, 2.24) is 0 Å². The predicted molar refractivity (Wildman–Crippen MR) is 57.6 cm³/mol. The van der Waals surface area contributed by atoms with E-state index in [1.54, 1.807) is 6.08 Å². The van der Waals surface area contributed by atoms with Crippen LogP contribution in [0.25, 0.3) is 0 Å². The van der Waals surface area contributed by atoms with Crippen LogP contribution in [0.5, 0.6) is 0 Å². The van der Waals surface area contributed by atoms with Crippen molar-refractivity contribution < 1.29 is 14.6 Å². The molecule has 0 radical (unpaired) electrons. The second-order valence-electron chi connectivity index (χ2n) is 4.22. The van der Waals surface area contributed by atoms with E-state index < -0.39 is 18.1 Å². The molecule has 0 saturated heterocycles. The van der Waals surface area contributed by atoms with Crippen molar-refractivity contribution >= 4 is 5.97 Å². The zero-order valence-electron chi connectivity index (χ0n) is 9.27. The zero-order valence-corrected chi connectivity index (χ0v) is 9.27. The minimum absolute atomic E-state index is 0.340. The molecular formula is C11H19NO3. The number of hydrogen-bond acceptors (Lipinski definition) is 3. The largest absolute Gasteiger partial charge is 0.480 e. The third-order valence-electron chi connectivity index (χ3n) is 2.71. The van der Waals surface area contributed by atoms with Crippen LogP contribution in [0.3, 0.4) is 0 Å². The van der Waals surface area contributed by atoms with E-state index in [9.17, 15) is 4.79 Å². The van der Waals surface area contributed by atoms with Crippen LogP contribution in [0.4, 0.5) is 0 Å². The van der Waals surface area contributed by atoms with E-state index >= 15 is 0 Å². The van der Waals surface area contributed by atoms with Gasteiger partial charge in [-0.15, -0.1) is 0 Å². The maximum atomic E-state index is 10.7. The highest BCUT2D eigenvalue weighted by Crippen LogP contribution is 2.29. The topological polar surface area (TPSA) is 72.6 Å². The van der Waals surface area contributed by atoms with Crippen molar-refractivity contribution in [2.45, 2.75) is 50.9 Å². The van der Waals surface area contributed by atoms with Gasteiger partial charge in [0.05, 0.1) is 5.60 Å². The van der Waals surface area contributed by atoms with E-state index in [2.05, 4.69) is 6.92 Å². The van der Waals surface area contributed by atoms with Crippen molar-refractivity contribution in [3.63, 3.8) is 0 Å². The molecule has 0 amide bonds. The van der Waals surface area contributed by atoms with Crippen LogP contribution in [-0.2, 0) is 9.53 Å². The van der Waals surface area contributed by atoms with Crippen LogP contribution >= 0.6 is 0 Å². The Morgan fingerprint density at radius 3 is 2.93 bits per heavy atom. The van der Waals surface area contributed by atoms with Crippen LogP contribution in [0, 0.1) is 0 Å². The Bertz CT molecular complexity index is 265. The summed E-state index contributed by atoms with van der Waals surface area (Å²) in [6, 6.07) is -0.968. The lowest BCUT2D eigenvalue weighted by atomic mass is 10.00. The molecule has 1 rings (SSSR count). The standard InChI is InChI=1S/C11H19NO3/c1-3-4-6-11(2)7-5-8(15-11)9(12)10(13)14/h5,7-9H,3-4,6,12H2,1-2H3,(H,13,14)/t8?,9-,11?/m1/s1. The van der Waals surface area contributed by atoms with Crippen LogP contribution in [0.2, 0.25) is 0 Å². The van der Waals surface area contributed by atoms with Gasteiger partial charge in [-0.1, -0.05) is 31.9 Å². The number of ether oxygens (including phenoxy) is 1. The molecule has 3 N–H and O–H groups in total. The number of nitrogens with two attached hydrogens (primary N) is 1. The number of carboxylic acids is 1. The Labute approximate surface area is 90.1 Å². The number of carboxylic acid groups (broad SMARTS) is 1. The highest BCUT2D eigenvalue weighted by molar-refractivity contribution is 5.74. The van der Waals surface area contributed by atoms with Crippen molar-refractivity contribution in [3.8, 4) is 0 Å². The van der Waals surface area contributed by atoms with Crippen molar-refractivity contribution in [2.75, 3.05) is 0 Å². The molecule has 1 aliphatic rings. The minimum atomic E-state index is -1.02. The number of aliphatic carboxylic acids is 1. The van der Waals surface area contributed by atoms with Gasteiger partial charge in [-0.25, -0.2) is 0 Å². The minimum Gasteiger partial charge on any atom is -0.480 e. The normalized spacial score (nSPS) is 31.8. The van der Waals surface area contributed by atoms with E-state index in [0.29, 0.717) is 0 Å². The fourth-order valence-corrected chi connectivity index (χ4v) is 1.69. The van der Waals surface area contributed by atoms with E-state index in [4.69, 9.17) is 15.6 Å². The first-order valence-electron chi connectivity index (χ1n) is 5.34. The van der Waals surface area contributed by atoms with Gasteiger partial charge in [-0.2, -0.15) is 0 Å². The molecule has 1 heterocycles. The van der Waals surface area contributed by atoms with Gasteiger partial charge < -0.3 is 15.6 Å². The van der Waals surface area contributed by atoms with Crippen LogP contribution in [0.15, 0.2) is 12.2 Å². The summed E-state index contributed by atoms with van der Waals surface area (Å²) >= 11 is 0. The highest BCUT2D eigenvalue weighted by Gasteiger charge is 2.35. The summed E-state index contributed by atoms with van der Waals surface area (Å²) < 4.78 is 5.66. The number of carbonyl (C=O) groups is 1. The smallest absolute Gasteiger partial charge is 0.323 e. The SMILES string of the molecule is CCCCC1(C)C=CC([C@@H](N)C(=O)O)O1. The molecule has 15 heavy (non-hydrogen) atoms. The van der Waals surface area contributed by atoms with Crippen LogP contribution in [-0.4, -0.2) is 28.8 Å². The second-order valence-corrected chi connectivity index (χ2v) is 4.22. The molecule has 1 aliphatic heterocycles. The third kappa shape index (κ3) is 3.04. The summed E-state index contributed by atoms with van der Waals surface area (Å²) in [5.74, 6) is -1.02. The molecule has 86 valence electrons. The summed E-state index contributed by atoms with van der Waals surface area (Å²) in [4.78, 5) is 10.7. The second kappa shape index (κ2) is 4.77. The summed E-state index contributed by atoms with van der Waals surface area (Å²) in [7, 11) is 0. The predicted octanol–water partition coefficient (Wildman–Crippen LogP) is 1.30. The Morgan fingerprint density at radius 2 is 2.40 bits per heavy atom. The highest BCUT2D eigenvalue weighted by atomic mass is 16.5. The van der Waals surface area contributed by atoms with Gasteiger partial charge in [0, 0.05) is 0 Å². The zero-order chi connectivity index (χ0) is 11.5. The molecular weight excluding hydrogens is 194 g/mol. The lowest BCUT2D eigenvalue weighted by Crippen LogP contribution is -2.43. The van der Waals surface area contributed by atoms with Gasteiger partial charge in [0.2, 0.25) is 0 Å². The fraction of sp³-hybridized carbons (Fsp3) is 0.727. The van der Waals surface area contributed by atoms with Crippen molar-refractivity contribution in [3.05, 3.63) is 12.2 Å². The molecule has 0 aliphatic carbocycles. The molecule has 0 aromatic carbocycles. The van der Waals surface area contributed by atoms with Crippen molar-refractivity contribution in [1.29, 1.82) is 0 Å². The first kappa shape index (κ1) is 12.2. The number of unbranched alkanes of at least 4 members (excludes halogenated alkanes) is 1. The first-order chi connectivity index (χ1) is 6.98. The van der Waals surface area contributed by atoms with Crippen molar-refractivity contribution in [2.24, 2.45) is 5.73 Å². The Kier molecular flexibility index (Phi) is 3.88. The van der Waals surface area contributed by atoms with Crippen LogP contribution in [0.1, 0.15) is 33.1 Å². The average Bonchev–Trinajstić information content (AvgIpc) is 2.57. The van der Waals surface area contributed by atoms with E-state index in [-0.39, 0.29) is 5.60 Å². The summed E-state index contributed by atoms with van der Waals surface area (Å²) in [5, 5.41) is 8.75. The molecule has 0 aromatic rings. The monoisotopic (exact) mass is 213 g/mol. The summed E-state index contributed by atoms with van der Waals surface area (Å²) in [6.45, 7) is 4.08. The lowest BCUT2D eigenvalue weighted by molar-refractivity contribution is -0.143. The van der Waals surface area contributed by atoms with Gasteiger partial charge in [0.1, 0.15) is 12.1 Å². The summed E-state index contributed by atoms with van der Waals surface area (Å²) in [6.07, 6.45) is 6.26. The first-order valence-corrected chi connectivity index (χ1v) is 5.34. The van der Waals surface area contributed by atoms with Gasteiger partial charge in [-0.3, -0.25) is 4.79 Å². The molecule has 0 saturated carbocycles. The van der Waals surface area contributed by atoms with Gasteiger partial charge in [0.25, 0.3) is 0 Å². The Balaban J connectivity index is 2.52. The van der Waals surface area contributed by atoms with Crippen LogP contribution < -0.4 is 5.73 Å². The average molecular weight is 213 g/mol. The maximum Gasteiger partial charge on any atom is 0.323 e. The van der Waals surface area contributed by atoms with E-state index in [0.717, 1.165) is 19.3 Å². The summed E-state index contributed by atoms with van der Waals surface area (Å²) in [5.41, 5.74) is 5.16. The molecule has 4 nitrogen and oxygen atoms in total. The Morgan fingerprint density at radius 1 is 1.73 bits per heavy atom. The molecule has 0 fully saturated rings. The molecule has 4 heteroatoms. The maximum absolute atomic E-state index is 10.7. The van der Waals surface area contributed by atoms with Gasteiger partial charge in [-0.05, 0) is 13.3 Å². The molecule has 0 aromatic heterocycles. The third-order valence-corrected chi connectivity index (χ3v) is 2.71. The number of hydrogen-bond donors (Lipinski definition) is 2. The van der Waals surface area contributed by atoms with Gasteiger partial charge >= 0.3 is 5.97 Å². The molecule has 0 bridgehead atoms. The molecule has 0 spiro atoms. The quantitative estimate of drug-likeness (QED) is 0.675. The van der Waals surface area contributed by atoms with Gasteiger partial charge in [0.15, 0.2) is 0 Å².